The molecule has 0 bridgehead atoms. The summed E-state index contributed by atoms with van der Waals surface area (Å²) in [5, 5.41) is 4.84. The van der Waals surface area contributed by atoms with Crippen LogP contribution in [0.5, 0.6) is 11.5 Å². The lowest BCUT2D eigenvalue weighted by Crippen LogP contribution is -2.16. The summed E-state index contributed by atoms with van der Waals surface area (Å²) in [4.78, 5) is 12.2. The summed E-state index contributed by atoms with van der Waals surface area (Å²) in [6.45, 7) is 2.42. The number of fused-ring (bicyclic) bond motifs is 1. The largest absolute Gasteiger partial charge is 0.493 e. The fourth-order valence-corrected chi connectivity index (χ4v) is 2.99. The molecule has 1 N–H and O–H groups in total. The van der Waals surface area contributed by atoms with Crippen LogP contribution < -0.4 is 14.9 Å². The second-order valence-corrected chi connectivity index (χ2v) is 6.17. The van der Waals surface area contributed by atoms with Crippen LogP contribution in [0.15, 0.2) is 56.5 Å². The zero-order valence-corrected chi connectivity index (χ0v) is 15.9. The first kappa shape index (κ1) is 18.0. The average Bonchev–Trinajstić information content (AvgIpc) is 3.08. The van der Waals surface area contributed by atoms with E-state index in [2.05, 4.69) is 26.5 Å². The van der Waals surface area contributed by atoms with Gasteiger partial charge in [-0.25, -0.2) is 5.43 Å². The number of furan rings is 1. The van der Waals surface area contributed by atoms with Gasteiger partial charge in [-0.2, -0.15) is 5.10 Å². The number of nitrogens with one attached hydrogen (secondary N) is 1. The van der Waals surface area contributed by atoms with Crippen molar-refractivity contribution in [2.75, 3.05) is 13.7 Å². The molecule has 0 fully saturated rings. The minimum atomic E-state index is -0.422. The Labute approximate surface area is 158 Å². The molecule has 0 atom stereocenters. The van der Waals surface area contributed by atoms with E-state index < -0.39 is 5.91 Å². The predicted octanol–water partition coefficient (Wildman–Crippen LogP) is 4.37. The molecule has 7 heteroatoms. The molecule has 3 rings (SSSR count). The highest BCUT2D eigenvalue weighted by Gasteiger charge is 2.12. The molecule has 0 aliphatic rings. The van der Waals surface area contributed by atoms with Gasteiger partial charge in [0.15, 0.2) is 17.3 Å². The third-order valence-corrected chi connectivity index (χ3v) is 4.16. The number of benzene rings is 2. The molecule has 0 aliphatic heterocycles. The normalized spacial score (nSPS) is 11.0. The van der Waals surface area contributed by atoms with Crippen molar-refractivity contribution in [2.24, 2.45) is 5.10 Å². The molecule has 0 spiro atoms. The Hall–Kier alpha value is -2.80. The average molecular weight is 417 g/mol. The second kappa shape index (κ2) is 8.05. The minimum absolute atomic E-state index is 0.203. The third-order valence-electron chi connectivity index (χ3n) is 3.57. The van der Waals surface area contributed by atoms with Gasteiger partial charge in [0.2, 0.25) is 0 Å². The second-order valence-electron chi connectivity index (χ2n) is 5.31. The molecule has 134 valence electrons. The first-order valence-corrected chi connectivity index (χ1v) is 8.74. The first-order chi connectivity index (χ1) is 12.6. The van der Waals surface area contributed by atoms with Crippen LogP contribution in [0.2, 0.25) is 0 Å². The molecule has 6 nitrogen and oxygen atoms in total. The van der Waals surface area contributed by atoms with Gasteiger partial charge in [-0.15, -0.1) is 0 Å². The van der Waals surface area contributed by atoms with Crippen molar-refractivity contribution in [3.63, 3.8) is 0 Å². The number of para-hydroxylation sites is 1. The lowest BCUT2D eigenvalue weighted by molar-refractivity contribution is 0.0929. The zero-order valence-electron chi connectivity index (χ0n) is 14.3. The lowest BCUT2D eigenvalue weighted by Gasteiger charge is -2.11. The number of hydrazone groups is 1. The van der Waals surface area contributed by atoms with Crippen molar-refractivity contribution in [3.05, 3.63) is 58.3 Å². The molecule has 1 heterocycles. The van der Waals surface area contributed by atoms with Gasteiger partial charge in [0.05, 0.1) is 24.4 Å². The van der Waals surface area contributed by atoms with Gasteiger partial charge in [0.25, 0.3) is 0 Å². The maximum Gasteiger partial charge on any atom is 0.307 e. The summed E-state index contributed by atoms with van der Waals surface area (Å²) in [6, 6.07) is 12.7. The summed E-state index contributed by atoms with van der Waals surface area (Å²) in [6.07, 6.45) is 1.52. The maximum atomic E-state index is 12.2. The molecule has 0 saturated heterocycles. The summed E-state index contributed by atoms with van der Waals surface area (Å²) in [5.41, 5.74) is 3.85. The molecular weight excluding hydrogens is 400 g/mol. The van der Waals surface area contributed by atoms with E-state index in [0.29, 0.717) is 23.7 Å². The number of nitrogens with zero attached hydrogens (tertiary/aromatic N) is 1. The van der Waals surface area contributed by atoms with Gasteiger partial charge in [0, 0.05) is 5.39 Å². The molecule has 1 aromatic heterocycles. The molecule has 1 amide bonds. The SMILES string of the molecule is CCOc1c(Br)cc(/C=N/NC(=O)c2cc3ccccc3o2)cc1OC. The first-order valence-electron chi connectivity index (χ1n) is 7.94. The van der Waals surface area contributed by atoms with Gasteiger partial charge in [0.1, 0.15) is 5.58 Å². The monoisotopic (exact) mass is 416 g/mol. The van der Waals surface area contributed by atoms with Crippen LogP contribution in [0.3, 0.4) is 0 Å². The number of halogens is 1. The Bertz CT molecular complexity index is 932. The van der Waals surface area contributed by atoms with Crippen molar-refractivity contribution < 1.29 is 18.7 Å². The topological polar surface area (TPSA) is 73.1 Å². The summed E-state index contributed by atoms with van der Waals surface area (Å²) >= 11 is 3.45. The van der Waals surface area contributed by atoms with Gasteiger partial charge in [-0.1, -0.05) is 18.2 Å². The van der Waals surface area contributed by atoms with Crippen LogP contribution in [0.4, 0.5) is 0 Å². The molecule has 2 aromatic carbocycles. The number of hydrogen-bond acceptors (Lipinski definition) is 5. The Balaban J connectivity index is 1.73. The van der Waals surface area contributed by atoms with E-state index in [1.807, 2.05) is 31.2 Å². The summed E-state index contributed by atoms with van der Waals surface area (Å²) < 4.78 is 17.1. The van der Waals surface area contributed by atoms with E-state index >= 15 is 0 Å². The predicted molar refractivity (Wildman–Crippen MR) is 103 cm³/mol. The maximum absolute atomic E-state index is 12.2. The minimum Gasteiger partial charge on any atom is -0.493 e. The van der Waals surface area contributed by atoms with Gasteiger partial charge < -0.3 is 13.9 Å². The van der Waals surface area contributed by atoms with Crippen LogP contribution in [-0.2, 0) is 0 Å². The van der Waals surface area contributed by atoms with Crippen LogP contribution in [-0.4, -0.2) is 25.8 Å². The van der Waals surface area contributed by atoms with Crippen molar-refractivity contribution in [3.8, 4) is 11.5 Å². The van der Waals surface area contributed by atoms with Crippen molar-refractivity contribution >= 4 is 39.0 Å². The van der Waals surface area contributed by atoms with Crippen LogP contribution in [0.1, 0.15) is 23.0 Å². The highest BCUT2D eigenvalue weighted by atomic mass is 79.9. The number of hydrogen-bond donors (Lipinski definition) is 1. The van der Waals surface area contributed by atoms with E-state index in [0.717, 1.165) is 15.4 Å². The van der Waals surface area contributed by atoms with Gasteiger partial charge >= 0.3 is 5.91 Å². The Morgan fingerprint density at radius 2 is 2.12 bits per heavy atom. The fourth-order valence-electron chi connectivity index (χ4n) is 2.41. The molecule has 0 radical (unpaired) electrons. The number of rotatable bonds is 6. The van der Waals surface area contributed by atoms with Crippen LogP contribution in [0.25, 0.3) is 11.0 Å². The molecule has 26 heavy (non-hydrogen) atoms. The number of ether oxygens (including phenoxy) is 2. The van der Waals surface area contributed by atoms with E-state index in [9.17, 15) is 4.79 Å². The Morgan fingerprint density at radius 3 is 2.85 bits per heavy atom. The number of carbonyl (C=O) groups is 1. The molecule has 0 unspecified atom stereocenters. The van der Waals surface area contributed by atoms with Gasteiger partial charge in [-0.3, -0.25) is 4.79 Å². The molecular formula is C19H17BrN2O4. The molecule has 0 saturated carbocycles. The molecule has 0 aliphatic carbocycles. The zero-order chi connectivity index (χ0) is 18.5. The highest BCUT2D eigenvalue weighted by molar-refractivity contribution is 9.10. The highest BCUT2D eigenvalue weighted by Crippen LogP contribution is 2.36. The number of amides is 1. The lowest BCUT2D eigenvalue weighted by atomic mass is 10.2. The van der Waals surface area contributed by atoms with Crippen LogP contribution >= 0.6 is 15.9 Å². The summed E-state index contributed by atoms with van der Waals surface area (Å²) in [7, 11) is 1.56. The van der Waals surface area contributed by atoms with Gasteiger partial charge in [-0.05, 0) is 52.7 Å². The smallest absolute Gasteiger partial charge is 0.307 e. The molecule has 3 aromatic rings. The third kappa shape index (κ3) is 3.88. The number of methoxy groups -OCH3 is 1. The fraction of sp³-hybridized carbons (Fsp3) is 0.158. The van der Waals surface area contributed by atoms with E-state index in [-0.39, 0.29) is 5.76 Å². The Kier molecular flexibility index (Phi) is 5.58. The van der Waals surface area contributed by atoms with Crippen molar-refractivity contribution in [1.29, 1.82) is 0 Å². The van der Waals surface area contributed by atoms with E-state index in [1.54, 1.807) is 25.3 Å². The van der Waals surface area contributed by atoms with Crippen molar-refractivity contribution in [2.45, 2.75) is 6.92 Å². The van der Waals surface area contributed by atoms with Crippen LogP contribution in [0, 0.1) is 0 Å². The Morgan fingerprint density at radius 1 is 1.31 bits per heavy atom. The van der Waals surface area contributed by atoms with Crippen molar-refractivity contribution in [1.82, 2.24) is 5.43 Å². The number of carbonyl (C=O) groups excluding carboxylic acids is 1. The standard InChI is InChI=1S/C19H17BrN2O4/c1-3-25-18-14(20)8-12(9-16(18)24-2)11-21-22-19(23)17-10-13-6-4-5-7-15(13)26-17/h4-11H,3H2,1-2H3,(H,22,23)/b21-11+. The van der Waals surface area contributed by atoms with E-state index in [1.165, 1.54) is 6.21 Å². The van der Waals surface area contributed by atoms with E-state index in [4.69, 9.17) is 13.9 Å². The summed E-state index contributed by atoms with van der Waals surface area (Å²) in [5.74, 6) is 0.980. The quantitative estimate of drug-likeness (QED) is 0.478.